The van der Waals surface area contributed by atoms with Gasteiger partial charge in [0.05, 0.1) is 16.8 Å². The summed E-state index contributed by atoms with van der Waals surface area (Å²) in [6.07, 6.45) is 3.41. The molecule has 0 bridgehead atoms. The monoisotopic (exact) mass is 311 g/mol. The molecule has 0 aromatic carbocycles. The van der Waals surface area contributed by atoms with E-state index in [0.29, 0.717) is 29.1 Å². The van der Waals surface area contributed by atoms with Crippen LogP contribution in [0.5, 0.6) is 0 Å². The Bertz CT molecular complexity index is 475. The van der Waals surface area contributed by atoms with Crippen molar-refractivity contribution >= 4 is 27.9 Å². The molecule has 4 N–H and O–H groups in total. The molecule has 1 aliphatic heterocycles. The number of rotatable bonds is 7. The molecule has 2 rings (SSSR count). The molecule has 0 aliphatic carbocycles. The maximum atomic E-state index is 12.0. The number of nitrogen functional groups attached to an aromatic ring is 1. The van der Waals surface area contributed by atoms with Gasteiger partial charge in [-0.1, -0.05) is 13.8 Å². The van der Waals surface area contributed by atoms with Gasteiger partial charge in [0.15, 0.2) is 0 Å². The molecule has 1 saturated heterocycles. The van der Waals surface area contributed by atoms with Gasteiger partial charge in [-0.25, -0.2) is 0 Å². The second kappa shape index (κ2) is 7.66. The SMILES string of the molecule is CCCNC(=O)c1sc(NCC2CCOC2CC)cc1N. The lowest BCUT2D eigenvalue weighted by Crippen LogP contribution is -2.23. The van der Waals surface area contributed by atoms with Gasteiger partial charge < -0.3 is 21.1 Å². The summed E-state index contributed by atoms with van der Waals surface area (Å²) in [5.74, 6) is 0.457. The Morgan fingerprint density at radius 1 is 1.52 bits per heavy atom. The largest absolute Gasteiger partial charge is 0.397 e. The molecule has 2 atom stereocenters. The fourth-order valence-corrected chi connectivity index (χ4v) is 3.50. The molecule has 6 heteroatoms. The summed E-state index contributed by atoms with van der Waals surface area (Å²) in [7, 11) is 0. The molecule has 5 nitrogen and oxygen atoms in total. The first-order valence-corrected chi connectivity index (χ1v) is 8.50. The number of hydrogen-bond donors (Lipinski definition) is 3. The van der Waals surface area contributed by atoms with Crippen molar-refractivity contribution < 1.29 is 9.53 Å². The van der Waals surface area contributed by atoms with Crippen molar-refractivity contribution in [3.8, 4) is 0 Å². The summed E-state index contributed by atoms with van der Waals surface area (Å²) in [4.78, 5) is 12.6. The van der Waals surface area contributed by atoms with Crippen molar-refractivity contribution in [1.29, 1.82) is 0 Å². The summed E-state index contributed by atoms with van der Waals surface area (Å²) in [6.45, 7) is 6.58. The minimum atomic E-state index is -0.0805. The van der Waals surface area contributed by atoms with Crippen molar-refractivity contribution in [2.24, 2.45) is 5.92 Å². The number of thiophene rings is 1. The van der Waals surface area contributed by atoms with Gasteiger partial charge in [0.2, 0.25) is 0 Å². The lowest BCUT2D eigenvalue weighted by atomic mass is 10.00. The Morgan fingerprint density at radius 2 is 2.33 bits per heavy atom. The van der Waals surface area contributed by atoms with Crippen LogP contribution in [-0.4, -0.2) is 31.7 Å². The molecule has 0 saturated carbocycles. The van der Waals surface area contributed by atoms with Gasteiger partial charge in [0, 0.05) is 25.6 Å². The van der Waals surface area contributed by atoms with Crippen LogP contribution in [-0.2, 0) is 4.74 Å². The van der Waals surface area contributed by atoms with Gasteiger partial charge in [0.1, 0.15) is 4.88 Å². The Hall–Kier alpha value is -1.27. The fourth-order valence-electron chi connectivity index (χ4n) is 2.60. The minimum absolute atomic E-state index is 0.0805. The summed E-state index contributed by atoms with van der Waals surface area (Å²) in [6, 6.07) is 1.85. The summed E-state index contributed by atoms with van der Waals surface area (Å²) in [5, 5.41) is 7.22. The number of anilines is 2. The highest BCUT2D eigenvalue weighted by atomic mass is 32.1. The first kappa shape index (κ1) is 16.1. The average Bonchev–Trinajstić information content (AvgIpc) is 3.08. The Morgan fingerprint density at radius 3 is 3.05 bits per heavy atom. The van der Waals surface area contributed by atoms with E-state index in [1.807, 2.05) is 13.0 Å². The van der Waals surface area contributed by atoms with Gasteiger partial charge in [-0.2, -0.15) is 0 Å². The molecule has 1 fully saturated rings. The molecule has 2 heterocycles. The molecule has 0 spiro atoms. The Kier molecular flexibility index (Phi) is 5.87. The first-order chi connectivity index (χ1) is 10.2. The zero-order valence-electron chi connectivity index (χ0n) is 12.8. The highest BCUT2D eigenvalue weighted by Crippen LogP contribution is 2.30. The average molecular weight is 311 g/mol. The zero-order valence-corrected chi connectivity index (χ0v) is 13.6. The maximum Gasteiger partial charge on any atom is 0.263 e. The van der Waals surface area contributed by atoms with Crippen LogP contribution < -0.4 is 16.4 Å². The molecule has 1 amide bonds. The number of carbonyl (C=O) groups is 1. The molecule has 1 aromatic rings. The van der Waals surface area contributed by atoms with E-state index in [1.54, 1.807) is 0 Å². The number of ether oxygens (including phenoxy) is 1. The summed E-state index contributed by atoms with van der Waals surface area (Å²) >= 11 is 1.42. The topological polar surface area (TPSA) is 76.4 Å². The third-order valence-corrected chi connectivity index (χ3v) is 4.90. The zero-order chi connectivity index (χ0) is 15.2. The van der Waals surface area contributed by atoms with Crippen molar-refractivity contribution in [2.75, 3.05) is 30.7 Å². The lowest BCUT2D eigenvalue weighted by molar-refractivity contribution is 0.0900. The number of hydrogen-bond acceptors (Lipinski definition) is 5. The van der Waals surface area contributed by atoms with E-state index in [2.05, 4.69) is 17.6 Å². The van der Waals surface area contributed by atoms with Crippen molar-refractivity contribution in [1.82, 2.24) is 5.32 Å². The van der Waals surface area contributed by atoms with Crippen LogP contribution in [0.1, 0.15) is 42.8 Å². The van der Waals surface area contributed by atoms with E-state index < -0.39 is 0 Å². The minimum Gasteiger partial charge on any atom is -0.397 e. The highest BCUT2D eigenvalue weighted by molar-refractivity contribution is 7.18. The highest BCUT2D eigenvalue weighted by Gasteiger charge is 2.26. The molecule has 21 heavy (non-hydrogen) atoms. The number of amides is 1. The van der Waals surface area contributed by atoms with E-state index in [0.717, 1.165) is 37.4 Å². The smallest absolute Gasteiger partial charge is 0.263 e. The standard InChI is InChI=1S/C15H25N3O2S/c1-3-6-17-15(19)14-11(16)8-13(21-14)18-9-10-5-7-20-12(10)4-2/h8,10,12,18H,3-7,9,16H2,1-2H3,(H,17,19). The predicted octanol–water partition coefficient (Wildman–Crippen LogP) is 2.70. The normalized spacial score (nSPS) is 21.4. The predicted molar refractivity (Wildman–Crippen MR) is 88.0 cm³/mol. The van der Waals surface area contributed by atoms with Crippen molar-refractivity contribution in [2.45, 2.75) is 39.2 Å². The quantitative estimate of drug-likeness (QED) is 0.723. The van der Waals surface area contributed by atoms with Crippen LogP contribution in [0.4, 0.5) is 10.7 Å². The van der Waals surface area contributed by atoms with Crippen molar-refractivity contribution in [3.05, 3.63) is 10.9 Å². The van der Waals surface area contributed by atoms with Crippen LogP contribution in [0, 0.1) is 5.92 Å². The second-order valence-corrected chi connectivity index (χ2v) is 6.45. The second-order valence-electron chi connectivity index (χ2n) is 5.40. The molecular weight excluding hydrogens is 286 g/mol. The van der Waals surface area contributed by atoms with Gasteiger partial charge >= 0.3 is 0 Å². The van der Waals surface area contributed by atoms with E-state index in [-0.39, 0.29) is 5.91 Å². The van der Waals surface area contributed by atoms with E-state index in [4.69, 9.17) is 10.5 Å². The van der Waals surface area contributed by atoms with E-state index >= 15 is 0 Å². The lowest BCUT2D eigenvalue weighted by Gasteiger charge is -2.17. The van der Waals surface area contributed by atoms with Crippen LogP contribution in [0.3, 0.4) is 0 Å². The van der Waals surface area contributed by atoms with Crippen LogP contribution in [0.25, 0.3) is 0 Å². The Balaban J connectivity index is 1.91. The third-order valence-electron chi connectivity index (χ3n) is 3.79. The van der Waals surface area contributed by atoms with E-state index in [9.17, 15) is 4.79 Å². The number of nitrogens with one attached hydrogen (secondary N) is 2. The third kappa shape index (κ3) is 4.11. The van der Waals surface area contributed by atoms with Crippen molar-refractivity contribution in [3.63, 3.8) is 0 Å². The molecule has 2 unspecified atom stereocenters. The molecule has 118 valence electrons. The first-order valence-electron chi connectivity index (χ1n) is 7.68. The van der Waals surface area contributed by atoms with Crippen LogP contribution in [0.2, 0.25) is 0 Å². The molecule has 1 aliphatic rings. The number of carbonyl (C=O) groups excluding carboxylic acids is 1. The molecular formula is C15H25N3O2S. The van der Waals surface area contributed by atoms with Gasteiger partial charge in [-0.15, -0.1) is 11.3 Å². The van der Waals surface area contributed by atoms with E-state index in [1.165, 1.54) is 11.3 Å². The maximum absolute atomic E-state index is 12.0. The van der Waals surface area contributed by atoms with Crippen LogP contribution in [0.15, 0.2) is 6.07 Å². The number of nitrogens with two attached hydrogens (primary N) is 1. The van der Waals surface area contributed by atoms with Crippen LogP contribution >= 0.6 is 11.3 Å². The summed E-state index contributed by atoms with van der Waals surface area (Å²) in [5.41, 5.74) is 6.48. The fraction of sp³-hybridized carbons (Fsp3) is 0.667. The summed E-state index contributed by atoms with van der Waals surface area (Å²) < 4.78 is 5.69. The Labute approximate surface area is 130 Å². The van der Waals surface area contributed by atoms with Gasteiger partial charge in [-0.3, -0.25) is 4.79 Å². The molecule has 1 aromatic heterocycles. The molecule has 0 radical (unpaired) electrons. The van der Waals surface area contributed by atoms with Gasteiger partial charge in [-0.05, 0) is 25.3 Å². The van der Waals surface area contributed by atoms with Gasteiger partial charge in [0.25, 0.3) is 5.91 Å².